The second-order valence-corrected chi connectivity index (χ2v) is 9.08. The molecule has 0 saturated carbocycles. The van der Waals surface area contributed by atoms with Gasteiger partial charge >= 0.3 is 0 Å². The molecule has 3 atom stereocenters. The molecule has 0 aliphatic carbocycles. The van der Waals surface area contributed by atoms with Crippen molar-refractivity contribution in [3.63, 3.8) is 0 Å². The van der Waals surface area contributed by atoms with E-state index in [4.69, 9.17) is 9.47 Å². The number of phenolic OH excluding ortho intramolecular Hbond substituents is 1. The molecule has 1 amide bonds. The predicted molar refractivity (Wildman–Crippen MR) is 129 cm³/mol. The van der Waals surface area contributed by atoms with Gasteiger partial charge in [0.15, 0.2) is 5.65 Å². The van der Waals surface area contributed by atoms with E-state index >= 15 is 0 Å². The Kier molecular flexibility index (Phi) is 6.60. The number of carbonyl (C=O) groups excluding carboxylic acids is 1. The molecule has 178 valence electrons. The number of para-hydroxylation sites is 1. The van der Waals surface area contributed by atoms with E-state index in [2.05, 4.69) is 27.1 Å². The molecule has 3 aromatic rings. The number of hydrogen-bond acceptors (Lipinski definition) is 6. The van der Waals surface area contributed by atoms with Gasteiger partial charge in [0.05, 0.1) is 24.9 Å². The number of H-pyrrole nitrogens is 1. The third-order valence-corrected chi connectivity index (χ3v) is 6.81. The Morgan fingerprint density at radius 2 is 2.00 bits per heavy atom. The van der Waals surface area contributed by atoms with Crippen molar-refractivity contribution < 1.29 is 19.4 Å². The largest absolute Gasteiger partial charge is 0.507 e. The second-order valence-electron chi connectivity index (χ2n) is 9.08. The fraction of sp³-hybridized carbons (Fsp3) is 0.423. The quantitative estimate of drug-likeness (QED) is 0.498. The fourth-order valence-electron chi connectivity index (χ4n) is 5.18. The number of benzene rings is 1. The van der Waals surface area contributed by atoms with Crippen LogP contribution in [0.4, 0.5) is 0 Å². The van der Waals surface area contributed by atoms with Crippen LogP contribution in [-0.4, -0.2) is 58.7 Å². The molecule has 2 aromatic heterocycles. The zero-order valence-electron chi connectivity index (χ0n) is 19.1. The molecule has 3 N–H and O–H groups in total. The van der Waals surface area contributed by atoms with Crippen LogP contribution >= 0.6 is 0 Å². The molecule has 34 heavy (non-hydrogen) atoms. The van der Waals surface area contributed by atoms with Crippen molar-refractivity contribution in [2.75, 3.05) is 26.4 Å². The highest BCUT2D eigenvalue weighted by molar-refractivity contribution is 5.87. The van der Waals surface area contributed by atoms with Gasteiger partial charge in [0.25, 0.3) is 0 Å². The number of amides is 1. The van der Waals surface area contributed by atoms with Gasteiger partial charge in [-0.3, -0.25) is 4.79 Å². The molecule has 2 saturated heterocycles. The van der Waals surface area contributed by atoms with Gasteiger partial charge in [0.2, 0.25) is 5.91 Å². The Morgan fingerprint density at radius 3 is 2.79 bits per heavy atom. The summed E-state index contributed by atoms with van der Waals surface area (Å²) in [6.45, 7) is 6.11. The van der Waals surface area contributed by atoms with Crippen LogP contribution in [0, 0.1) is 0 Å². The minimum Gasteiger partial charge on any atom is -0.507 e. The lowest BCUT2D eigenvalue weighted by Gasteiger charge is -2.26. The summed E-state index contributed by atoms with van der Waals surface area (Å²) in [5.74, 6) is 0.391. The summed E-state index contributed by atoms with van der Waals surface area (Å²) in [7, 11) is 0. The first-order chi connectivity index (χ1) is 16.6. The van der Waals surface area contributed by atoms with Gasteiger partial charge in [-0.05, 0) is 55.5 Å². The average molecular weight is 463 g/mol. The topological polar surface area (TPSA) is 109 Å². The van der Waals surface area contributed by atoms with Gasteiger partial charge in [-0.15, -0.1) is 10.2 Å². The molecule has 1 aromatic carbocycles. The molecule has 1 unspecified atom stereocenters. The lowest BCUT2D eigenvalue weighted by Crippen LogP contribution is -2.37. The lowest BCUT2D eigenvalue weighted by atomic mass is 9.84. The zero-order valence-corrected chi connectivity index (χ0v) is 19.1. The van der Waals surface area contributed by atoms with E-state index < -0.39 is 0 Å². The first kappa shape index (κ1) is 22.6. The van der Waals surface area contributed by atoms with E-state index in [1.807, 2.05) is 18.2 Å². The van der Waals surface area contributed by atoms with E-state index in [9.17, 15) is 9.90 Å². The maximum atomic E-state index is 11.9. The van der Waals surface area contributed by atoms with E-state index in [-0.39, 0.29) is 29.5 Å². The first-order valence-corrected chi connectivity index (χ1v) is 11.9. The Bertz CT molecular complexity index is 1180. The highest BCUT2D eigenvalue weighted by Crippen LogP contribution is 2.41. The monoisotopic (exact) mass is 462 g/mol. The highest BCUT2D eigenvalue weighted by Gasteiger charge is 2.31. The number of nitrogens with one attached hydrogen (secondary N) is 2. The van der Waals surface area contributed by atoms with Crippen molar-refractivity contribution in [3.8, 4) is 17.0 Å². The van der Waals surface area contributed by atoms with Crippen LogP contribution in [0.2, 0.25) is 0 Å². The predicted octanol–water partition coefficient (Wildman–Crippen LogP) is 3.79. The van der Waals surface area contributed by atoms with Crippen molar-refractivity contribution in [2.45, 2.75) is 43.6 Å². The number of fused-ring (bicyclic) bond motifs is 1. The summed E-state index contributed by atoms with van der Waals surface area (Å²) >= 11 is 0. The molecule has 0 radical (unpaired) electrons. The van der Waals surface area contributed by atoms with Crippen molar-refractivity contribution in [1.82, 2.24) is 20.5 Å². The normalized spacial score (nSPS) is 23.4. The highest BCUT2D eigenvalue weighted by atomic mass is 16.5. The Hall–Kier alpha value is -3.23. The summed E-state index contributed by atoms with van der Waals surface area (Å²) in [4.78, 5) is 15.5. The van der Waals surface area contributed by atoms with Crippen molar-refractivity contribution >= 4 is 16.9 Å². The maximum Gasteiger partial charge on any atom is 0.243 e. The number of aromatic hydroxyl groups is 1. The number of aromatic nitrogens is 3. The first-order valence-electron chi connectivity index (χ1n) is 11.9. The van der Waals surface area contributed by atoms with Crippen LogP contribution in [0.3, 0.4) is 0 Å². The molecule has 8 heteroatoms. The number of aromatic amines is 1. The Morgan fingerprint density at radius 1 is 1.15 bits per heavy atom. The number of nitrogens with zero attached hydrogens (tertiary/aromatic N) is 2. The van der Waals surface area contributed by atoms with Gasteiger partial charge in [-0.1, -0.05) is 18.7 Å². The average Bonchev–Trinajstić information content (AvgIpc) is 3.09. The minimum absolute atomic E-state index is 0.0946. The summed E-state index contributed by atoms with van der Waals surface area (Å²) in [5.41, 5.74) is 4.35. The fourth-order valence-corrected chi connectivity index (χ4v) is 5.18. The molecule has 5 rings (SSSR count). The van der Waals surface area contributed by atoms with E-state index in [1.54, 1.807) is 12.1 Å². The van der Waals surface area contributed by atoms with Crippen molar-refractivity contribution in [2.24, 2.45) is 0 Å². The smallest absolute Gasteiger partial charge is 0.243 e. The SMILES string of the molecule is C=CC(=O)N[C@@H]1COCC[C@@H](c2[nH]c3nnc(-c4ccccc4O)cc3c2C2CCCOC2)C1. The Labute approximate surface area is 198 Å². The zero-order chi connectivity index (χ0) is 23.5. The van der Waals surface area contributed by atoms with Crippen LogP contribution in [0.5, 0.6) is 5.75 Å². The number of ether oxygens (including phenoxy) is 2. The van der Waals surface area contributed by atoms with Crippen LogP contribution < -0.4 is 5.32 Å². The molecular formula is C26H30N4O4. The third kappa shape index (κ3) is 4.56. The van der Waals surface area contributed by atoms with Crippen molar-refractivity contribution in [1.29, 1.82) is 0 Å². The van der Waals surface area contributed by atoms with Crippen LogP contribution in [-0.2, 0) is 14.3 Å². The molecule has 0 spiro atoms. The summed E-state index contributed by atoms with van der Waals surface area (Å²) in [6, 6.07) is 9.09. The summed E-state index contributed by atoms with van der Waals surface area (Å²) < 4.78 is 11.7. The molecule has 2 aliphatic rings. The number of rotatable bonds is 5. The van der Waals surface area contributed by atoms with E-state index in [0.29, 0.717) is 31.1 Å². The van der Waals surface area contributed by atoms with Gasteiger partial charge in [0, 0.05) is 41.7 Å². The van der Waals surface area contributed by atoms with Gasteiger partial charge in [-0.2, -0.15) is 0 Å². The Balaban J connectivity index is 1.58. The molecule has 8 nitrogen and oxygen atoms in total. The number of phenols is 1. The van der Waals surface area contributed by atoms with Crippen LogP contribution in [0.1, 0.15) is 48.8 Å². The van der Waals surface area contributed by atoms with Gasteiger partial charge in [0.1, 0.15) is 5.75 Å². The lowest BCUT2D eigenvalue weighted by molar-refractivity contribution is -0.117. The second kappa shape index (κ2) is 9.95. The molecule has 4 heterocycles. The van der Waals surface area contributed by atoms with Crippen LogP contribution in [0.15, 0.2) is 43.0 Å². The molecular weight excluding hydrogens is 432 g/mol. The van der Waals surface area contributed by atoms with Gasteiger partial charge < -0.3 is 24.9 Å². The number of carbonyl (C=O) groups is 1. The van der Waals surface area contributed by atoms with Crippen LogP contribution in [0.25, 0.3) is 22.3 Å². The molecule has 2 aliphatic heterocycles. The van der Waals surface area contributed by atoms with Crippen molar-refractivity contribution in [3.05, 3.63) is 54.2 Å². The summed E-state index contributed by atoms with van der Waals surface area (Å²) in [6.07, 6.45) is 4.94. The number of hydrogen-bond donors (Lipinski definition) is 3. The molecule has 2 fully saturated rings. The molecule has 0 bridgehead atoms. The van der Waals surface area contributed by atoms with E-state index in [1.165, 1.54) is 11.6 Å². The standard InChI is InChI=1S/C26H30N4O4/c1-2-23(32)27-18-12-16(9-11-34-15-18)25-24(17-6-5-10-33-14-17)20-13-21(29-30-26(20)28-25)19-7-3-4-8-22(19)31/h2-4,7-8,13,16-18,31H,1,5-6,9-12,14-15H2,(H,27,32)(H,28,30)/t16-,17?,18+/m1/s1. The third-order valence-electron chi connectivity index (χ3n) is 6.81. The van der Waals surface area contributed by atoms with Gasteiger partial charge in [-0.25, -0.2) is 0 Å². The maximum absolute atomic E-state index is 11.9. The van der Waals surface area contributed by atoms with E-state index in [0.717, 1.165) is 49.0 Å². The summed E-state index contributed by atoms with van der Waals surface area (Å²) in [5, 5.41) is 23.3. The minimum atomic E-state index is -0.190.